The molecule has 0 spiro atoms. The Labute approximate surface area is 106 Å². The van der Waals surface area contributed by atoms with Gasteiger partial charge in [-0.05, 0) is 35.9 Å². The van der Waals surface area contributed by atoms with E-state index in [4.69, 9.17) is 11.6 Å². The van der Waals surface area contributed by atoms with Gasteiger partial charge in [0.25, 0.3) is 0 Å². The number of allylic oxidation sites excluding steroid dienone is 2. The third kappa shape index (κ3) is 3.89. The van der Waals surface area contributed by atoms with Crippen molar-refractivity contribution in [1.29, 1.82) is 0 Å². The molecular weight excluding hydrogens is 230 g/mol. The van der Waals surface area contributed by atoms with Gasteiger partial charge in [-0.1, -0.05) is 48.0 Å². The van der Waals surface area contributed by atoms with Crippen molar-refractivity contribution in [3.8, 4) is 0 Å². The maximum absolute atomic E-state index is 5.81. The van der Waals surface area contributed by atoms with E-state index in [1.165, 1.54) is 0 Å². The van der Waals surface area contributed by atoms with Crippen LogP contribution in [0.1, 0.15) is 11.3 Å². The Kier molecular flexibility index (Phi) is 4.11. The van der Waals surface area contributed by atoms with Crippen molar-refractivity contribution in [2.75, 3.05) is 0 Å². The minimum Gasteiger partial charge on any atom is -0.257 e. The lowest BCUT2D eigenvalue weighted by atomic mass is 10.2. The number of benzene rings is 1. The van der Waals surface area contributed by atoms with E-state index in [0.29, 0.717) is 0 Å². The van der Waals surface area contributed by atoms with Crippen molar-refractivity contribution >= 4 is 23.8 Å². The average molecular weight is 242 g/mol. The first-order valence-electron chi connectivity index (χ1n) is 5.36. The van der Waals surface area contributed by atoms with E-state index in [1.807, 2.05) is 66.8 Å². The molecule has 84 valence electrons. The number of hydrogen-bond acceptors (Lipinski definition) is 1. The van der Waals surface area contributed by atoms with Crippen LogP contribution in [-0.4, -0.2) is 4.98 Å². The highest BCUT2D eigenvalue weighted by atomic mass is 35.5. The molecule has 0 amide bonds. The zero-order valence-electron chi connectivity index (χ0n) is 9.25. The van der Waals surface area contributed by atoms with Crippen molar-refractivity contribution in [2.45, 2.75) is 0 Å². The summed E-state index contributed by atoms with van der Waals surface area (Å²) in [6.07, 6.45) is 9.72. The van der Waals surface area contributed by atoms with Gasteiger partial charge in [-0.3, -0.25) is 4.98 Å². The van der Waals surface area contributed by atoms with Crippen molar-refractivity contribution < 1.29 is 0 Å². The lowest BCUT2D eigenvalue weighted by Crippen LogP contribution is -1.75. The van der Waals surface area contributed by atoms with Gasteiger partial charge in [0.15, 0.2) is 0 Å². The molecule has 0 bridgehead atoms. The van der Waals surface area contributed by atoms with Gasteiger partial charge in [-0.2, -0.15) is 0 Å². The third-order valence-electron chi connectivity index (χ3n) is 2.22. The second-order valence-electron chi connectivity index (χ2n) is 3.52. The van der Waals surface area contributed by atoms with E-state index < -0.39 is 0 Å². The zero-order valence-corrected chi connectivity index (χ0v) is 10.0. The maximum Gasteiger partial charge on any atom is 0.0629 e. The molecule has 0 aliphatic heterocycles. The van der Waals surface area contributed by atoms with Crippen LogP contribution in [0.15, 0.2) is 60.8 Å². The average Bonchev–Trinajstić information content (AvgIpc) is 2.38. The van der Waals surface area contributed by atoms with E-state index in [9.17, 15) is 0 Å². The van der Waals surface area contributed by atoms with Crippen LogP contribution in [0.4, 0.5) is 0 Å². The monoisotopic (exact) mass is 241 g/mol. The van der Waals surface area contributed by atoms with E-state index in [0.717, 1.165) is 16.3 Å². The predicted molar refractivity (Wildman–Crippen MR) is 73.8 cm³/mol. The largest absolute Gasteiger partial charge is 0.257 e. The number of pyridine rings is 1. The van der Waals surface area contributed by atoms with Gasteiger partial charge in [-0.15, -0.1) is 0 Å². The van der Waals surface area contributed by atoms with Gasteiger partial charge in [-0.25, -0.2) is 0 Å². The second-order valence-corrected chi connectivity index (χ2v) is 3.96. The SMILES string of the molecule is Clc1ccc(C=CC=Cc2ccccn2)cc1. The standard InChI is InChI=1S/C15H12ClN/c16-14-10-8-13(9-11-14)5-1-2-6-15-7-3-4-12-17-15/h1-12H. The number of halogens is 1. The molecule has 17 heavy (non-hydrogen) atoms. The fraction of sp³-hybridized carbons (Fsp3) is 0. The Bertz CT molecular complexity index is 512. The van der Waals surface area contributed by atoms with Gasteiger partial charge >= 0.3 is 0 Å². The Hall–Kier alpha value is -1.86. The molecule has 1 nitrogen and oxygen atoms in total. The van der Waals surface area contributed by atoms with Crippen molar-refractivity contribution in [1.82, 2.24) is 4.98 Å². The zero-order chi connectivity index (χ0) is 11.9. The topological polar surface area (TPSA) is 12.9 Å². The lowest BCUT2D eigenvalue weighted by molar-refractivity contribution is 1.30. The summed E-state index contributed by atoms with van der Waals surface area (Å²) in [5, 5.41) is 0.756. The molecule has 0 saturated carbocycles. The molecule has 0 fully saturated rings. The predicted octanol–water partition coefficient (Wildman–Crippen LogP) is 4.46. The number of nitrogens with zero attached hydrogens (tertiary/aromatic N) is 1. The summed E-state index contributed by atoms with van der Waals surface area (Å²) >= 11 is 5.81. The summed E-state index contributed by atoms with van der Waals surface area (Å²) in [5.41, 5.74) is 2.08. The van der Waals surface area contributed by atoms with Gasteiger partial charge in [0.2, 0.25) is 0 Å². The molecule has 2 rings (SSSR count). The van der Waals surface area contributed by atoms with Gasteiger partial charge in [0.05, 0.1) is 5.69 Å². The molecule has 2 aromatic rings. The Morgan fingerprint density at radius 2 is 1.65 bits per heavy atom. The Balaban J connectivity index is 1.98. The fourth-order valence-electron chi connectivity index (χ4n) is 1.37. The molecule has 0 saturated heterocycles. The summed E-state index contributed by atoms with van der Waals surface area (Å²) in [5.74, 6) is 0. The molecule has 1 heterocycles. The van der Waals surface area contributed by atoms with E-state index in [-0.39, 0.29) is 0 Å². The van der Waals surface area contributed by atoms with E-state index in [2.05, 4.69) is 4.98 Å². The molecule has 0 aliphatic rings. The Morgan fingerprint density at radius 3 is 2.35 bits per heavy atom. The molecule has 0 N–H and O–H groups in total. The van der Waals surface area contributed by atoms with Crippen molar-refractivity contribution in [2.24, 2.45) is 0 Å². The van der Waals surface area contributed by atoms with Crippen molar-refractivity contribution in [3.63, 3.8) is 0 Å². The van der Waals surface area contributed by atoms with Crippen LogP contribution in [0.25, 0.3) is 12.2 Å². The van der Waals surface area contributed by atoms with Crippen LogP contribution in [0, 0.1) is 0 Å². The number of aromatic nitrogens is 1. The number of rotatable bonds is 3. The van der Waals surface area contributed by atoms with E-state index in [1.54, 1.807) is 6.20 Å². The highest BCUT2D eigenvalue weighted by molar-refractivity contribution is 6.30. The van der Waals surface area contributed by atoms with Gasteiger partial charge in [0.1, 0.15) is 0 Å². The molecule has 0 unspecified atom stereocenters. The van der Waals surface area contributed by atoms with Crippen LogP contribution >= 0.6 is 11.6 Å². The van der Waals surface area contributed by atoms with Gasteiger partial charge < -0.3 is 0 Å². The van der Waals surface area contributed by atoms with Crippen LogP contribution < -0.4 is 0 Å². The quantitative estimate of drug-likeness (QED) is 0.723. The van der Waals surface area contributed by atoms with Crippen LogP contribution in [0.2, 0.25) is 5.02 Å². The van der Waals surface area contributed by atoms with Crippen LogP contribution in [0.5, 0.6) is 0 Å². The first kappa shape index (κ1) is 11.6. The Morgan fingerprint density at radius 1 is 0.882 bits per heavy atom. The van der Waals surface area contributed by atoms with Gasteiger partial charge in [0, 0.05) is 11.2 Å². The van der Waals surface area contributed by atoms with E-state index >= 15 is 0 Å². The third-order valence-corrected chi connectivity index (χ3v) is 2.48. The first-order valence-corrected chi connectivity index (χ1v) is 5.74. The van der Waals surface area contributed by atoms with Crippen LogP contribution in [-0.2, 0) is 0 Å². The van der Waals surface area contributed by atoms with Crippen molar-refractivity contribution in [3.05, 3.63) is 77.1 Å². The number of hydrogen-bond donors (Lipinski definition) is 0. The summed E-state index contributed by atoms with van der Waals surface area (Å²) in [4.78, 5) is 4.20. The molecule has 0 atom stereocenters. The minimum atomic E-state index is 0.756. The smallest absolute Gasteiger partial charge is 0.0629 e. The highest BCUT2D eigenvalue weighted by Crippen LogP contribution is 2.10. The molecule has 0 radical (unpaired) electrons. The summed E-state index contributed by atoms with van der Waals surface area (Å²) in [7, 11) is 0. The second kappa shape index (κ2) is 6.02. The summed E-state index contributed by atoms with van der Waals surface area (Å²) < 4.78 is 0. The molecule has 2 heteroatoms. The molecule has 1 aromatic heterocycles. The molecule has 0 aliphatic carbocycles. The molecular formula is C15H12ClN. The highest BCUT2D eigenvalue weighted by Gasteiger charge is 1.86. The lowest BCUT2D eigenvalue weighted by Gasteiger charge is -1.92. The fourth-order valence-corrected chi connectivity index (χ4v) is 1.50. The molecule has 1 aromatic carbocycles. The summed E-state index contributed by atoms with van der Waals surface area (Å²) in [6, 6.07) is 13.6. The first-order chi connectivity index (χ1) is 8.34. The summed E-state index contributed by atoms with van der Waals surface area (Å²) in [6.45, 7) is 0. The van der Waals surface area contributed by atoms with Crippen LogP contribution in [0.3, 0.4) is 0 Å². The maximum atomic E-state index is 5.81. The normalized spacial score (nSPS) is 11.4. The minimum absolute atomic E-state index is 0.756.